The fourth-order valence-corrected chi connectivity index (χ4v) is 3.61. The van der Waals surface area contributed by atoms with Crippen LogP contribution < -0.4 is 0 Å². The molecule has 0 bridgehead atoms. The summed E-state index contributed by atoms with van der Waals surface area (Å²) < 4.78 is 10.3. The molecule has 0 aliphatic rings. The van der Waals surface area contributed by atoms with Crippen molar-refractivity contribution in [3.63, 3.8) is 0 Å². The minimum atomic E-state index is -1.79. The Morgan fingerprint density at radius 1 is 1.22 bits per heavy atom. The Morgan fingerprint density at radius 3 is 1.78 bits per heavy atom. The van der Waals surface area contributed by atoms with E-state index in [1.54, 1.807) is 14.2 Å². The Bertz CT molecular complexity index is 50.2. The summed E-state index contributed by atoms with van der Waals surface area (Å²) in [6, 6.07) is 0. The van der Waals surface area contributed by atoms with Gasteiger partial charge < -0.3 is 0 Å². The molecule has 0 saturated heterocycles. The van der Waals surface area contributed by atoms with E-state index in [0.29, 0.717) is 0 Å². The average Bonchev–Trinajstić information content (AvgIpc) is 1.83. The third-order valence-electron chi connectivity index (χ3n) is 1.29. The molecule has 0 fully saturated rings. The Balaban J connectivity index is 0. The summed E-state index contributed by atoms with van der Waals surface area (Å²) in [4.78, 5) is 0. The minimum absolute atomic E-state index is 0. The van der Waals surface area contributed by atoms with Crippen molar-refractivity contribution in [2.75, 3.05) is 14.2 Å². The Morgan fingerprint density at radius 2 is 1.67 bits per heavy atom. The second-order valence-electron chi connectivity index (χ2n) is 1.96. The molecule has 0 heterocycles. The fraction of sp³-hybridized carbons (Fsp3) is 1.00. The van der Waals surface area contributed by atoms with Gasteiger partial charge in [0.05, 0.1) is 0 Å². The van der Waals surface area contributed by atoms with Gasteiger partial charge in [0, 0.05) is 0 Å². The monoisotopic (exact) mass is 205 g/mol. The Labute approximate surface area is 69.0 Å². The normalized spacial score (nSPS) is 8.33. The SMILES string of the molecule is CC[CH2][Zn]([O]C)[O]C.Cl. The molecule has 55 valence electrons. The Kier molecular flexibility index (Phi) is 12.3. The van der Waals surface area contributed by atoms with Crippen LogP contribution in [0.15, 0.2) is 0 Å². The van der Waals surface area contributed by atoms with Gasteiger partial charge in [0.2, 0.25) is 0 Å². The van der Waals surface area contributed by atoms with E-state index < -0.39 is 16.7 Å². The maximum Gasteiger partial charge on any atom is -0.147 e. The maximum absolute atomic E-state index is 5.13. The molecule has 0 N–H and O–H groups in total. The molecular formula is C5H14ClO2Zn. The predicted molar refractivity (Wildman–Crippen MR) is 36.4 cm³/mol. The van der Waals surface area contributed by atoms with Gasteiger partial charge in [-0.25, -0.2) is 0 Å². The summed E-state index contributed by atoms with van der Waals surface area (Å²) in [6.45, 7) is 2.15. The van der Waals surface area contributed by atoms with Crippen molar-refractivity contribution in [1.82, 2.24) is 0 Å². The first-order valence-corrected chi connectivity index (χ1v) is 7.62. The summed E-state index contributed by atoms with van der Waals surface area (Å²) in [7, 11) is 3.50. The van der Waals surface area contributed by atoms with Crippen LogP contribution in [0.3, 0.4) is 0 Å². The largest absolute Gasteiger partial charge is 0.147 e. The molecule has 0 aliphatic carbocycles. The predicted octanol–water partition coefficient (Wildman–Crippen LogP) is 1.98. The smallest absolute Gasteiger partial charge is 0.147 e. The molecule has 0 aliphatic heterocycles. The standard InChI is InChI=1S/C3H7.2CH3O.ClH.Zn/c1-3-2;2*1-2;;/h1,3H2,2H3;2*1H3;1H;/q;2*-1;;+2. The van der Waals surface area contributed by atoms with Crippen LogP contribution in [-0.4, -0.2) is 14.2 Å². The molecule has 9 heavy (non-hydrogen) atoms. The summed E-state index contributed by atoms with van der Waals surface area (Å²) in [6.07, 6.45) is 1.20. The number of rotatable bonds is 4. The van der Waals surface area contributed by atoms with Gasteiger partial charge in [-0.2, -0.15) is 0 Å². The van der Waals surface area contributed by atoms with Crippen LogP contribution in [0, 0.1) is 0 Å². The van der Waals surface area contributed by atoms with Gasteiger partial charge in [-0.1, -0.05) is 0 Å². The molecule has 0 aromatic heterocycles. The molecule has 0 spiro atoms. The van der Waals surface area contributed by atoms with Crippen molar-refractivity contribution in [1.29, 1.82) is 0 Å². The second kappa shape index (κ2) is 8.83. The van der Waals surface area contributed by atoms with Crippen molar-refractivity contribution in [3.05, 3.63) is 0 Å². The molecule has 0 aromatic carbocycles. The van der Waals surface area contributed by atoms with E-state index in [0.717, 1.165) is 0 Å². The van der Waals surface area contributed by atoms with Crippen molar-refractivity contribution in [3.8, 4) is 0 Å². The van der Waals surface area contributed by atoms with E-state index in [9.17, 15) is 0 Å². The van der Waals surface area contributed by atoms with Crippen molar-refractivity contribution >= 4 is 12.4 Å². The number of hydrogen-bond acceptors (Lipinski definition) is 2. The number of halogens is 1. The van der Waals surface area contributed by atoms with E-state index in [4.69, 9.17) is 7.13 Å². The molecule has 0 atom stereocenters. The first-order valence-electron chi connectivity index (χ1n) is 3.10. The van der Waals surface area contributed by atoms with Gasteiger partial charge in [-0.15, -0.1) is 12.4 Å². The van der Waals surface area contributed by atoms with E-state index in [-0.39, 0.29) is 12.4 Å². The molecule has 2 nitrogen and oxygen atoms in total. The zero-order chi connectivity index (χ0) is 6.41. The molecular weight excluding hydrogens is 193 g/mol. The quantitative estimate of drug-likeness (QED) is 0.656. The van der Waals surface area contributed by atoms with Gasteiger partial charge in [-0.05, 0) is 0 Å². The summed E-state index contributed by atoms with van der Waals surface area (Å²) in [5, 5.41) is 1.19. The second-order valence-corrected chi connectivity index (χ2v) is 8.07. The van der Waals surface area contributed by atoms with Gasteiger partial charge >= 0.3 is 56.4 Å². The molecule has 0 aromatic rings. The first-order chi connectivity index (χ1) is 3.85. The first kappa shape index (κ1) is 12.5. The summed E-state index contributed by atoms with van der Waals surface area (Å²) in [5.74, 6) is 0. The molecule has 4 heteroatoms. The molecule has 0 radical (unpaired) electrons. The van der Waals surface area contributed by atoms with E-state index >= 15 is 0 Å². The topological polar surface area (TPSA) is 18.5 Å². The summed E-state index contributed by atoms with van der Waals surface area (Å²) in [5.41, 5.74) is 0. The zero-order valence-electron chi connectivity index (χ0n) is 6.35. The molecule has 0 amide bonds. The Hall–Kier alpha value is 0.833. The zero-order valence-corrected chi connectivity index (χ0v) is 10.1. The molecule has 0 saturated carbocycles. The van der Waals surface area contributed by atoms with Crippen LogP contribution in [0.4, 0.5) is 0 Å². The van der Waals surface area contributed by atoms with Crippen LogP contribution >= 0.6 is 12.4 Å². The van der Waals surface area contributed by atoms with Crippen LogP contribution in [-0.2, 0) is 23.8 Å². The van der Waals surface area contributed by atoms with Gasteiger partial charge in [0.25, 0.3) is 0 Å². The maximum atomic E-state index is 5.13. The van der Waals surface area contributed by atoms with E-state index in [1.807, 2.05) is 0 Å². The third-order valence-corrected chi connectivity index (χ3v) is 6.68. The van der Waals surface area contributed by atoms with Gasteiger partial charge in [0.15, 0.2) is 0 Å². The summed E-state index contributed by atoms with van der Waals surface area (Å²) >= 11 is -1.79. The van der Waals surface area contributed by atoms with Crippen LogP contribution in [0.1, 0.15) is 13.3 Å². The fourth-order valence-electron chi connectivity index (χ4n) is 0.695. The molecule has 0 rings (SSSR count). The van der Waals surface area contributed by atoms with Crippen molar-refractivity contribution in [2.45, 2.75) is 18.4 Å². The third kappa shape index (κ3) is 6.72. The van der Waals surface area contributed by atoms with Crippen molar-refractivity contribution in [2.24, 2.45) is 0 Å². The molecule has 0 unspecified atom stereocenters. The van der Waals surface area contributed by atoms with Gasteiger partial charge in [-0.3, -0.25) is 0 Å². The minimum Gasteiger partial charge on any atom is -0.147 e. The van der Waals surface area contributed by atoms with Gasteiger partial charge in [0.1, 0.15) is 0 Å². The number of hydrogen-bond donors (Lipinski definition) is 0. The van der Waals surface area contributed by atoms with Crippen LogP contribution in [0.2, 0.25) is 5.02 Å². The van der Waals surface area contributed by atoms with Crippen LogP contribution in [0.25, 0.3) is 0 Å². The van der Waals surface area contributed by atoms with Crippen molar-refractivity contribution < 1.29 is 23.8 Å². The average molecular weight is 207 g/mol. The van der Waals surface area contributed by atoms with E-state index in [2.05, 4.69) is 6.92 Å². The van der Waals surface area contributed by atoms with Crippen LogP contribution in [0.5, 0.6) is 0 Å². The van der Waals surface area contributed by atoms with E-state index in [1.165, 1.54) is 11.4 Å².